The molecule has 0 amide bonds. The van der Waals surface area contributed by atoms with E-state index in [-0.39, 0.29) is 92.3 Å². The molecule has 38 nitrogen and oxygen atoms in total. The largest absolute Gasteiger partial charge is 0.481 e. The maximum absolute atomic E-state index is 10.3. The molecule has 0 bridgehead atoms. The fourth-order valence-electron chi connectivity index (χ4n) is 0.714. The lowest BCUT2D eigenvalue weighted by molar-refractivity contribution is -0.170. The summed E-state index contributed by atoms with van der Waals surface area (Å²) in [6.07, 6.45) is -2.29. The van der Waals surface area contributed by atoms with E-state index in [0.717, 1.165) is 0 Å². The molecule has 61 N–H and O–H groups in total. The molecular weight excluding hydrogens is 774 g/mol. The van der Waals surface area contributed by atoms with Gasteiger partial charge in [-0.3, -0.25) is 9.59 Å². The van der Waals surface area contributed by atoms with Crippen LogP contribution in [0.2, 0.25) is 0 Å². The summed E-state index contributed by atoms with van der Waals surface area (Å²) < 4.78 is 35.5. The first-order valence-corrected chi connectivity index (χ1v) is 12.6. The molecule has 0 fully saturated rings. The highest BCUT2D eigenvalue weighted by Crippen LogP contribution is 2.27. The molecule has 0 spiro atoms. The highest BCUT2D eigenvalue weighted by Gasteiger charge is 2.40. The van der Waals surface area contributed by atoms with Crippen LogP contribution in [0.3, 0.4) is 0 Å². The van der Waals surface area contributed by atoms with Crippen LogP contribution in [0.4, 0.5) is 0 Å². The maximum Gasteiger partial charge on any atom is 0.466 e. The minimum atomic E-state index is -4.64. The van der Waals surface area contributed by atoms with Crippen molar-refractivity contribution >= 4 is 49.2 Å². The minimum absolute atomic E-state index is 0. The molecule has 0 aromatic rings. The van der Waals surface area contributed by atoms with E-state index in [4.69, 9.17) is 97.4 Å². The average molecular weight is 840 g/mol. The number of rotatable bonds is 5. The highest BCUT2D eigenvalue weighted by molar-refractivity contribution is 7.45. The normalized spacial score (nSPS) is 7.85. The van der Waals surface area contributed by atoms with Crippen LogP contribution in [-0.2, 0) is 32.6 Å². The Balaban J connectivity index is -0.0000000111. The Labute approximate surface area is 272 Å². The Morgan fingerprint density at radius 2 is 0.438 bits per heavy atom. The molecule has 0 unspecified atom stereocenters. The number of phosphoric acid groups is 4. The monoisotopic (exact) mass is 839 g/mol. The second-order valence-electron chi connectivity index (χ2n) is 4.53. The number of hydrogen-bond donors (Lipinski definition) is 31. The van der Waals surface area contributed by atoms with Gasteiger partial charge in [0.05, 0.1) is 12.8 Å². The predicted octanol–water partition coefficient (Wildman–Crippen LogP) is -2.53. The number of aliphatic carboxylic acids is 3. The lowest BCUT2D eigenvalue weighted by atomic mass is 9.96. The first-order chi connectivity index (χ1) is 13.8. The standard InChI is InChI=1S/C6H8O7.15H3N.4H3O4P/c7-3(8)1-6(13,5(11)12)2-4(9)10;;;;;;;;;;;;;;;;4*1-5(2,3)4/h13H,1-2H2,(H,7,8)(H,9,10)(H,11,12);15*1H3;4*(H3,1,2,3,4). The fraction of sp³-hybridized carbons (Fsp3) is 0.500. The van der Waals surface area contributed by atoms with Gasteiger partial charge in [0.15, 0.2) is 5.60 Å². The van der Waals surface area contributed by atoms with Crippen molar-refractivity contribution < 1.29 is 112 Å². The van der Waals surface area contributed by atoms with E-state index in [1.807, 2.05) is 0 Å². The van der Waals surface area contributed by atoms with Crippen molar-refractivity contribution in [3.8, 4) is 0 Å². The zero-order valence-electron chi connectivity index (χ0n) is 25.8. The van der Waals surface area contributed by atoms with Crippen molar-refractivity contribution in [1.29, 1.82) is 0 Å². The Bertz CT molecular complexity index is 689. The van der Waals surface area contributed by atoms with Crippen LogP contribution in [-0.4, -0.2) is 103 Å². The van der Waals surface area contributed by atoms with Gasteiger partial charge in [-0.1, -0.05) is 0 Å². The van der Waals surface area contributed by atoms with Crippen molar-refractivity contribution in [2.24, 2.45) is 0 Å². The molecule has 0 saturated heterocycles. The fourth-order valence-corrected chi connectivity index (χ4v) is 0.714. The second kappa shape index (κ2) is 57.5. The maximum atomic E-state index is 10.3. The first-order valence-electron chi connectivity index (χ1n) is 6.30. The van der Waals surface area contributed by atoms with Crippen LogP contribution < -0.4 is 92.3 Å². The van der Waals surface area contributed by atoms with Gasteiger partial charge in [-0.25, -0.2) is 23.1 Å². The second-order valence-corrected chi connectivity index (χ2v) is 8.64. The van der Waals surface area contributed by atoms with Crippen LogP contribution in [0.5, 0.6) is 0 Å². The topological polar surface area (TPSA) is 968 Å². The quantitative estimate of drug-likeness (QED) is 0.127. The Kier molecular flexibility index (Phi) is 165. The van der Waals surface area contributed by atoms with Gasteiger partial charge in [0.2, 0.25) is 0 Å². The molecule has 0 aromatic heterocycles. The number of carbonyl (C=O) groups is 3. The molecule has 0 atom stereocenters. The van der Waals surface area contributed by atoms with Crippen molar-refractivity contribution in [2.45, 2.75) is 18.4 Å². The van der Waals surface area contributed by atoms with Gasteiger partial charge < -0.3 is 171 Å². The van der Waals surface area contributed by atoms with Gasteiger partial charge in [-0.05, 0) is 0 Å². The van der Waals surface area contributed by atoms with Gasteiger partial charge in [0, 0.05) is 0 Å². The van der Waals surface area contributed by atoms with E-state index >= 15 is 0 Å². The van der Waals surface area contributed by atoms with Crippen molar-refractivity contribution in [2.75, 3.05) is 0 Å². The molecule has 0 aromatic carbocycles. The molecular formula is C6H65N15O23P4. The van der Waals surface area contributed by atoms with E-state index in [1.165, 1.54) is 0 Å². The van der Waals surface area contributed by atoms with Crippen LogP contribution in [0.25, 0.3) is 0 Å². The summed E-state index contributed by atoms with van der Waals surface area (Å²) >= 11 is 0. The van der Waals surface area contributed by atoms with E-state index in [2.05, 4.69) is 0 Å². The van der Waals surface area contributed by atoms with Gasteiger partial charge in [-0.15, -0.1) is 0 Å². The molecule has 322 valence electrons. The molecule has 0 aliphatic carbocycles. The lowest BCUT2D eigenvalue weighted by Gasteiger charge is -2.18. The summed E-state index contributed by atoms with van der Waals surface area (Å²) in [6.45, 7) is 0. The van der Waals surface area contributed by atoms with Gasteiger partial charge in [0.25, 0.3) is 0 Å². The zero-order chi connectivity index (χ0) is 28.6. The van der Waals surface area contributed by atoms with Crippen LogP contribution in [0, 0.1) is 0 Å². The predicted molar refractivity (Wildman–Crippen MR) is 169 cm³/mol. The Hall–Kier alpha value is -1.79. The molecule has 0 aliphatic heterocycles. The van der Waals surface area contributed by atoms with Gasteiger partial charge in [0.1, 0.15) is 0 Å². The summed E-state index contributed by atoms with van der Waals surface area (Å²) in [4.78, 5) is 117. The molecule has 48 heavy (non-hydrogen) atoms. The molecule has 0 rings (SSSR count). The molecule has 0 aliphatic rings. The van der Waals surface area contributed by atoms with Crippen LogP contribution in [0.1, 0.15) is 12.8 Å². The minimum Gasteiger partial charge on any atom is -0.481 e. The summed E-state index contributed by atoms with van der Waals surface area (Å²) in [6, 6.07) is 0. The summed E-state index contributed by atoms with van der Waals surface area (Å²) in [5, 5.41) is 33.8. The third-order valence-electron chi connectivity index (χ3n) is 1.29. The molecule has 0 radical (unpaired) electrons. The van der Waals surface area contributed by atoms with Crippen LogP contribution in [0.15, 0.2) is 0 Å². The van der Waals surface area contributed by atoms with Crippen molar-refractivity contribution in [3.63, 3.8) is 0 Å². The summed E-state index contributed by atoms with van der Waals surface area (Å²) in [5.41, 5.74) is -2.74. The Morgan fingerprint density at radius 1 is 0.354 bits per heavy atom. The molecule has 0 saturated carbocycles. The number of aliphatic hydroxyl groups is 1. The Morgan fingerprint density at radius 3 is 0.479 bits per heavy atom. The summed E-state index contributed by atoms with van der Waals surface area (Å²) in [5.74, 6) is -5.02. The van der Waals surface area contributed by atoms with Gasteiger partial charge >= 0.3 is 49.2 Å². The smallest absolute Gasteiger partial charge is 0.466 e. The zero-order valence-corrected chi connectivity index (χ0v) is 29.4. The number of carboxylic acid groups (broad SMARTS) is 3. The van der Waals surface area contributed by atoms with Gasteiger partial charge in [-0.2, -0.15) is 0 Å². The van der Waals surface area contributed by atoms with E-state index in [9.17, 15) is 14.4 Å². The molecule has 42 heteroatoms. The SMILES string of the molecule is N.N.N.N.N.N.N.N.N.N.N.N.N.N.N.O=C(O)CC(O)(CC(=O)O)C(=O)O.O=P(O)(O)O.O=P(O)(O)O.O=P(O)(O)O.O=P(O)(O)O. The third kappa shape index (κ3) is 409. The van der Waals surface area contributed by atoms with E-state index in [1.54, 1.807) is 0 Å². The van der Waals surface area contributed by atoms with Crippen LogP contribution >= 0.6 is 31.3 Å². The van der Waals surface area contributed by atoms with E-state index < -0.39 is 67.6 Å². The molecule has 0 heterocycles. The average Bonchev–Trinajstić information content (AvgIpc) is 2.26. The number of hydrogen-bond acceptors (Lipinski definition) is 23. The highest BCUT2D eigenvalue weighted by atomic mass is 31.2. The lowest BCUT2D eigenvalue weighted by Crippen LogP contribution is -2.42. The first kappa shape index (κ1) is 137. The summed E-state index contributed by atoms with van der Waals surface area (Å²) in [7, 11) is -18.6. The number of carboxylic acids is 3. The van der Waals surface area contributed by atoms with Crippen molar-refractivity contribution in [3.05, 3.63) is 0 Å². The third-order valence-corrected chi connectivity index (χ3v) is 1.29. The van der Waals surface area contributed by atoms with Crippen molar-refractivity contribution in [1.82, 2.24) is 92.3 Å². The van der Waals surface area contributed by atoms with E-state index in [0.29, 0.717) is 0 Å².